The summed E-state index contributed by atoms with van der Waals surface area (Å²) in [6, 6.07) is 33.5. The van der Waals surface area contributed by atoms with Gasteiger partial charge in [-0.2, -0.15) is 10.5 Å². The van der Waals surface area contributed by atoms with E-state index < -0.39 is 0 Å². The molecule has 2 aliphatic rings. The summed E-state index contributed by atoms with van der Waals surface area (Å²) >= 11 is 11.2. The van der Waals surface area contributed by atoms with Crippen LogP contribution in [0.1, 0.15) is 108 Å². The SMILES string of the molecule is Cc1ccc(C(=O)N2CCC(c3ccc(C#N)cc3)CC2)cc1CC(=S)Cc1cnccc1N.Cc1ccc(C(=O)N2CCC(c3ccc(C#N)cc3)CC2)cc1CC(=S)n1ccnc1. The van der Waals surface area contributed by atoms with Crippen LogP contribution in [0.15, 0.2) is 122 Å². The Morgan fingerprint density at radius 1 is 0.646 bits per heavy atom. The minimum atomic E-state index is 0.0713. The molecule has 2 fully saturated rings. The van der Waals surface area contributed by atoms with Crippen LogP contribution in [0.2, 0.25) is 0 Å². The standard InChI is InChI=1S/C28H28N4OS.C25H24N4OS/c1-19-2-5-23(14-24(19)15-26(34)16-25-18-31-11-8-27(25)30)28(33)32-12-9-22(10-13-32)21-6-3-20(17-29)4-7-21;1-18-2-5-22(14-23(18)15-24(31)29-13-10-27-17-29)25(30)28-11-8-21(9-12-28)20-6-3-19(16-26)4-7-20/h2-8,11,14,18,22H,9-10,12-13,15-16H2,1H3,(H2,30,31);2-7,10,13-14,17,21H,8-9,11-12,15H2,1H3. The van der Waals surface area contributed by atoms with Crippen molar-refractivity contribution in [3.8, 4) is 12.1 Å². The van der Waals surface area contributed by atoms with Crippen molar-refractivity contribution in [3.05, 3.63) is 183 Å². The van der Waals surface area contributed by atoms with Gasteiger partial charge in [0.25, 0.3) is 11.8 Å². The largest absolute Gasteiger partial charge is 0.398 e. The van der Waals surface area contributed by atoms with E-state index in [4.69, 9.17) is 40.7 Å². The lowest BCUT2D eigenvalue weighted by Crippen LogP contribution is -2.38. The van der Waals surface area contributed by atoms with Crippen LogP contribution in [-0.2, 0) is 19.3 Å². The second kappa shape index (κ2) is 21.7. The number of carbonyl (C=O) groups is 2. The fraction of sp³-hybridized carbons (Fsp3) is 0.283. The van der Waals surface area contributed by atoms with E-state index in [0.717, 1.165) is 89.5 Å². The van der Waals surface area contributed by atoms with E-state index in [1.165, 1.54) is 11.1 Å². The van der Waals surface area contributed by atoms with E-state index in [1.807, 2.05) is 119 Å². The first kappa shape index (κ1) is 46.1. The molecule has 2 aromatic heterocycles. The Bertz CT molecular complexity index is 2740. The van der Waals surface area contributed by atoms with Gasteiger partial charge in [0.1, 0.15) is 0 Å². The van der Waals surface area contributed by atoms with Crippen molar-refractivity contribution in [2.24, 2.45) is 0 Å². The van der Waals surface area contributed by atoms with Crippen LogP contribution in [0, 0.1) is 36.5 Å². The first-order chi connectivity index (χ1) is 31.5. The number of hydrogen-bond acceptors (Lipinski definition) is 9. The van der Waals surface area contributed by atoms with Crippen LogP contribution < -0.4 is 5.73 Å². The van der Waals surface area contributed by atoms with Crippen molar-refractivity contribution < 1.29 is 9.59 Å². The van der Waals surface area contributed by atoms with E-state index in [9.17, 15) is 9.59 Å². The zero-order valence-electron chi connectivity index (χ0n) is 36.8. The van der Waals surface area contributed by atoms with Gasteiger partial charge in [-0.25, -0.2) is 4.98 Å². The lowest BCUT2D eigenvalue weighted by atomic mass is 9.88. The number of piperidine rings is 2. The molecule has 4 aromatic carbocycles. The Balaban J connectivity index is 0.000000195. The Kier molecular flexibility index (Phi) is 15.4. The smallest absolute Gasteiger partial charge is 0.253 e. The summed E-state index contributed by atoms with van der Waals surface area (Å²) in [7, 11) is 0. The Morgan fingerprint density at radius 3 is 1.57 bits per heavy atom. The highest BCUT2D eigenvalue weighted by Crippen LogP contribution is 2.31. The maximum atomic E-state index is 13.2. The van der Waals surface area contributed by atoms with Crippen molar-refractivity contribution in [2.75, 3.05) is 31.9 Å². The molecular formula is C53H52N8O2S2. The molecule has 328 valence electrons. The molecule has 0 spiro atoms. The Hall–Kier alpha value is -6.86. The fourth-order valence-corrected chi connectivity index (χ4v) is 9.15. The van der Waals surface area contributed by atoms with Crippen molar-refractivity contribution in [1.29, 1.82) is 10.5 Å². The number of nitrogens with two attached hydrogens (primary N) is 1. The van der Waals surface area contributed by atoms with Crippen molar-refractivity contribution >= 4 is 51.8 Å². The molecule has 8 rings (SSSR count). The van der Waals surface area contributed by atoms with Gasteiger partial charge in [0.15, 0.2) is 0 Å². The number of nitrogens with zero attached hydrogens (tertiary/aromatic N) is 7. The first-order valence-electron chi connectivity index (χ1n) is 22.0. The van der Waals surface area contributed by atoms with Crippen LogP contribution in [-0.4, -0.2) is 72.2 Å². The molecule has 2 amide bonds. The number of pyridine rings is 1. The van der Waals surface area contributed by atoms with Crippen LogP contribution in [0.3, 0.4) is 0 Å². The number of anilines is 1. The molecule has 6 aromatic rings. The van der Waals surface area contributed by atoms with E-state index >= 15 is 0 Å². The number of thiocarbonyl (C=S) groups is 2. The molecule has 2 saturated heterocycles. The highest BCUT2D eigenvalue weighted by molar-refractivity contribution is 7.80. The van der Waals surface area contributed by atoms with Crippen LogP contribution in [0.25, 0.3) is 0 Å². The molecule has 65 heavy (non-hydrogen) atoms. The maximum Gasteiger partial charge on any atom is 0.253 e. The monoisotopic (exact) mass is 896 g/mol. The summed E-state index contributed by atoms with van der Waals surface area (Å²) in [6.07, 6.45) is 14.2. The minimum absolute atomic E-state index is 0.0713. The van der Waals surface area contributed by atoms with Gasteiger partial charge in [-0.15, -0.1) is 0 Å². The Morgan fingerprint density at radius 2 is 1.12 bits per heavy atom. The molecule has 0 bridgehead atoms. The van der Waals surface area contributed by atoms with Crippen LogP contribution >= 0.6 is 24.4 Å². The van der Waals surface area contributed by atoms with Gasteiger partial charge >= 0.3 is 0 Å². The van der Waals surface area contributed by atoms with Gasteiger partial charge in [-0.05, 0) is 145 Å². The maximum absolute atomic E-state index is 13.2. The van der Waals surface area contributed by atoms with E-state index in [0.29, 0.717) is 59.0 Å². The lowest BCUT2D eigenvalue weighted by molar-refractivity contribution is 0.0705. The van der Waals surface area contributed by atoms with Gasteiger partial charge < -0.3 is 20.1 Å². The van der Waals surface area contributed by atoms with Gasteiger partial charge in [0.2, 0.25) is 0 Å². The number of nitrogen functional groups attached to an aromatic ring is 1. The molecule has 0 saturated carbocycles. The quantitative estimate of drug-likeness (QED) is 0.133. The van der Waals surface area contributed by atoms with Gasteiger partial charge in [-0.3, -0.25) is 14.6 Å². The number of aromatic nitrogens is 3. The molecule has 10 nitrogen and oxygen atoms in total. The number of rotatable bonds is 10. The Labute approximate surface area is 392 Å². The van der Waals surface area contributed by atoms with Gasteiger partial charge in [0.05, 0.1) is 34.6 Å². The third-order valence-electron chi connectivity index (χ3n) is 12.6. The second-order valence-electron chi connectivity index (χ2n) is 16.9. The predicted molar refractivity (Wildman–Crippen MR) is 263 cm³/mol. The van der Waals surface area contributed by atoms with Crippen LogP contribution in [0.4, 0.5) is 5.69 Å². The molecule has 0 atom stereocenters. The summed E-state index contributed by atoms with van der Waals surface area (Å²) in [5, 5.41) is 18.0. The van der Waals surface area contributed by atoms with Crippen molar-refractivity contribution in [3.63, 3.8) is 0 Å². The highest BCUT2D eigenvalue weighted by Gasteiger charge is 2.27. The molecule has 2 N–H and O–H groups in total. The topological polar surface area (TPSA) is 145 Å². The second-order valence-corrected chi connectivity index (χ2v) is 17.9. The van der Waals surface area contributed by atoms with Crippen LogP contribution in [0.5, 0.6) is 0 Å². The van der Waals surface area contributed by atoms with Crippen molar-refractivity contribution in [1.82, 2.24) is 24.3 Å². The number of likely N-dealkylation sites (tertiary alicyclic amines) is 2. The summed E-state index contributed by atoms with van der Waals surface area (Å²) in [4.78, 5) is 40.1. The van der Waals surface area contributed by atoms with Gasteiger partial charge in [-0.1, -0.05) is 60.8 Å². The zero-order valence-corrected chi connectivity index (χ0v) is 38.5. The molecule has 0 radical (unpaired) electrons. The predicted octanol–water partition coefficient (Wildman–Crippen LogP) is 9.52. The minimum Gasteiger partial charge on any atom is -0.398 e. The summed E-state index contributed by atoms with van der Waals surface area (Å²) < 4.78 is 1.83. The zero-order chi connectivity index (χ0) is 45.9. The van der Waals surface area contributed by atoms with E-state index in [2.05, 4.69) is 22.1 Å². The van der Waals surface area contributed by atoms with Gasteiger partial charge in [0, 0.05) is 91.9 Å². The molecule has 0 aliphatic carbocycles. The number of amides is 2. The molecule has 2 aliphatic heterocycles. The average molecular weight is 897 g/mol. The summed E-state index contributed by atoms with van der Waals surface area (Å²) in [6.45, 7) is 7.02. The van der Waals surface area contributed by atoms with E-state index in [1.54, 1.807) is 31.0 Å². The molecule has 0 unspecified atom stereocenters. The molecule has 12 heteroatoms. The third-order valence-corrected chi connectivity index (χ3v) is 13.3. The number of benzene rings is 4. The highest BCUT2D eigenvalue weighted by atomic mass is 32.1. The fourth-order valence-electron chi connectivity index (χ4n) is 8.58. The van der Waals surface area contributed by atoms with E-state index in [-0.39, 0.29) is 11.8 Å². The molecular weight excluding hydrogens is 845 g/mol. The number of hydrogen-bond donors (Lipinski definition) is 1. The first-order valence-corrected chi connectivity index (χ1v) is 22.8. The number of aryl methyl sites for hydroxylation is 2. The average Bonchev–Trinajstić information content (AvgIpc) is 3.90. The summed E-state index contributed by atoms with van der Waals surface area (Å²) in [5.41, 5.74) is 17.3. The third kappa shape index (κ3) is 11.8. The number of nitriles is 2. The number of imidazole rings is 1. The molecule has 4 heterocycles. The lowest BCUT2D eigenvalue weighted by Gasteiger charge is -2.32. The van der Waals surface area contributed by atoms with Crippen molar-refractivity contribution in [2.45, 2.75) is 70.6 Å². The normalized spacial score (nSPS) is 14.1. The summed E-state index contributed by atoms with van der Waals surface area (Å²) in [5.74, 6) is 0.996. The number of carbonyl (C=O) groups excluding carboxylic acids is 2.